The summed E-state index contributed by atoms with van der Waals surface area (Å²) in [6.45, 7) is 4.99. The molecule has 0 spiro atoms. The van der Waals surface area contributed by atoms with Crippen molar-refractivity contribution in [2.45, 2.75) is 19.4 Å². The van der Waals surface area contributed by atoms with Gasteiger partial charge in [0.15, 0.2) is 0 Å². The lowest BCUT2D eigenvalue weighted by Gasteiger charge is -2.38. The fourth-order valence-corrected chi connectivity index (χ4v) is 3.52. The number of rotatable bonds is 5. The molecule has 1 N–H and O–H groups in total. The average Bonchev–Trinajstić information content (AvgIpc) is 2.60. The van der Waals surface area contributed by atoms with Crippen LogP contribution in [-0.4, -0.2) is 49.4 Å². The van der Waals surface area contributed by atoms with Gasteiger partial charge in [-0.05, 0) is 18.4 Å². The van der Waals surface area contributed by atoms with Gasteiger partial charge in [-0.1, -0.05) is 6.92 Å². The van der Waals surface area contributed by atoms with E-state index >= 15 is 0 Å². The van der Waals surface area contributed by atoms with E-state index in [9.17, 15) is 9.65 Å². The van der Waals surface area contributed by atoms with Crippen LogP contribution >= 0.6 is 0 Å². The zero-order valence-corrected chi connectivity index (χ0v) is 14.5. The summed E-state index contributed by atoms with van der Waals surface area (Å²) in [5.74, 6) is -0.00940. The monoisotopic (exact) mass is 343 g/mol. The van der Waals surface area contributed by atoms with E-state index < -0.39 is 5.82 Å². The summed E-state index contributed by atoms with van der Waals surface area (Å²) in [5, 5.41) is 12.7. The number of methoxy groups -OCH3 is 1. The van der Waals surface area contributed by atoms with E-state index in [4.69, 9.17) is 4.74 Å². The van der Waals surface area contributed by atoms with Gasteiger partial charge in [0.25, 0.3) is 0 Å². The van der Waals surface area contributed by atoms with Gasteiger partial charge in [-0.2, -0.15) is 5.26 Å². The topological polar surface area (TPSA) is 74.1 Å². The smallest absolute Gasteiger partial charge is 0.150 e. The number of hydrogen-bond donors (Lipinski definition) is 1. The first-order valence-electron chi connectivity index (χ1n) is 8.44. The predicted molar refractivity (Wildman–Crippen MR) is 93.9 cm³/mol. The van der Waals surface area contributed by atoms with Crippen LogP contribution in [0, 0.1) is 23.1 Å². The van der Waals surface area contributed by atoms with Crippen molar-refractivity contribution in [1.29, 1.82) is 5.26 Å². The highest BCUT2D eigenvalue weighted by atomic mass is 19.1. The third-order valence-corrected chi connectivity index (χ3v) is 4.51. The van der Waals surface area contributed by atoms with E-state index in [0.29, 0.717) is 35.8 Å². The number of aromatic nitrogens is 2. The lowest BCUT2D eigenvalue weighted by Crippen LogP contribution is -2.49. The number of hydrogen-bond acceptors (Lipinski definition) is 6. The second kappa shape index (κ2) is 7.72. The number of piperidine rings is 1. The maximum atomic E-state index is 14.8. The Kier molecular flexibility index (Phi) is 5.41. The Labute approximate surface area is 146 Å². The molecule has 2 unspecified atom stereocenters. The van der Waals surface area contributed by atoms with Gasteiger partial charge in [0.2, 0.25) is 0 Å². The molecule has 1 aliphatic rings. The van der Waals surface area contributed by atoms with Crippen LogP contribution in [0.25, 0.3) is 11.0 Å². The van der Waals surface area contributed by atoms with Crippen LogP contribution in [0.4, 0.5) is 10.1 Å². The normalized spacial score (nSPS) is 20.6. The summed E-state index contributed by atoms with van der Waals surface area (Å²) in [5.41, 5.74) is 1.55. The summed E-state index contributed by atoms with van der Waals surface area (Å²) >= 11 is 0. The molecule has 2 atom stereocenters. The molecular weight excluding hydrogens is 321 g/mol. The van der Waals surface area contributed by atoms with Gasteiger partial charge in [-0.3, -0.25) is 9.97 Å². The molecule has 25 heavy (non-hydrogen) atoms. The molecule has 0 aliphatic carbocycles. The first-order chi connectivity index (χ1) is 12.1. The molecule has 0 radical (unpaired) electrons. The Balaban J connectivity index is 1.95. The molecule has 6 nitrogen and oxygen atoms in total. The standard InChI is InChI=1S/C18H22FN5O/c1-12-7-14(21-5-6-25-2)11-24(10-12)18-15(19)8-13(9-20)16-17(18)23-4-3-22-16/h3-4,8,12,14,21H,5-7,10-11H2,1-2H3. The fraction of sp³-hybridized carbons (Fsp3) is 0.500. The number of nitriles is 1. The second-order valence-corrected chi connectivity index (χ2v) is 6.51. The summed E-state index contributed by atoms with van der Waals surface area (Å²) < 4.78 is 19.9. The van der Waals surface area contributed by atoms with Crippen LogP contribution in [0.2, 0.25) is 0 Å². The summed E-state index contributed by atoms with van der Waals surface area (Å²) in [6, 6.07) is 3.52. The number of ether oxygens (including phenoxy) is 1. The molecule has 0 bridgehead atoms. The van der Waals surface area contributed by atoms with Gasteiger partial charge >= 0.3 is 0 Å². The molecule has 132 valence electrons. The average molecular weight is 343 g/mol. The molecule has 0 amide bonds. The molecule has 1 aromatic carbocycles. The van der Waals surface area contributed by atoms with Crippen molar-refractivity contribution in [3.63, 3.8) is 0 Å². The molecule has 2 aromatic rings. The van der Waals surface area contributed by atoms with Gasteiger partial charge in [0.1, 0.15) is 28.6 Å². The van der Waals surface area contributed by atoms with E-state index in [1.165, 1.54) is 18.5 Å². The summed E-state index contributed by atoms with van der Waals surface area (Å²) in [4.78, 5) is 10.6. The van der Waals surface area contributed by atoms with Crippen molar-refractivity contribution in [2.24, 2.45) is 5.92 Å². The molecule has 1 saturated heterocycles. The molecule has 0 saturated carbocycles. The third kappa shape index (κ3) is 3.70. The van der Waals surface area contributed by atoms with Gasteiger partial charge in [0.05, 0.1) is 12.2 Å². The van der Waals surface area contributed by atoms with Crippen LogP contribution < -0.4 is 10.2 Å². The first-order valence-corrected chi connectivity index (χ1v) is 8.44. The molecule has 1 aliphatic heterocycles. The molecular formula is C18H22FN5O. The highest BCUT2D eigenvalue weighted by molar-refractivity contribution is 5.92. The van der Waals surface area contributed by atoms with Crippen LogP contribution in [0.1, 0.15) is 18.9 Å². The number of nitrogens with zero attached hydrogens (tertiary/aromatic N) is 4. The fourth-order valence-electron chi connectivity index (χ4n) is 3.52. The van der Waals surface area contributed by atoms with Crippen LogP contribution in [0.15, 0.2) is 18.5 Å². The van der Waals surface area contributed by atoms with Crippen molar-refractivity contribution in [2.75, 3.05) is 38.3 Å². The Hall–Kier alpha value is -2.30. The van der Waals surface area contributed by atoms with E-state index in [-0.39, 0.29) is 11.6 Å². The maximum absolute atomic E-state index is 14.8. The van der Waals surface area contributed by atoms with Crippen molar-refractivity contribution in [3.8, 4) is 6.07 Å². The van der Waals surface area contributed by atoms with Crippen molar-refractivity contribution in [1.82, 2.24) is 15.3 Å². The van der Waals surface area contributed by atoms with Gasteiger partial charge in [0, 0.05) is 45.2 Å². The number of halogens is 1. The third-order valence-electron chi connectivity index (χ3n) is 4.51. The highest BCUT2D eigenvalue weighted by Crippen LogP contribution is 2.32. The summed E-state index contributed by atoms with van der Waals surface area (Å²) in [6.07, 6.45) is 4.09. The number of benzene rings is 1. The van der Waals surface area contributed by atoms with Gasteiger partial charge in [-0.25, -0.2) is 4.39 Å². The molecule has 1 aromatic heterocycles. The quantitative estimate of drug-likeness (QED) is 0.838. The minimum absolute atomic E-state index is 0.212. The largest absolute Gasteiger partial charge is 0.383 e. The van der Waals surface area contributed by atoms with Crippen LogP contribution in [0.5, 0.6) is 0 Å². The van der Waals surface area contributed by atoms with Gasteiger partial charge < -0.3 is 15.0 Å². The van der Waals surface area contributed by atoms with Crippen molar-refractivity contribution < 1.29 is 9.13 Å². The molecule has 3 rings (SSSR count). The maximum Gasteiger partial charge on any atom is 0.150 e. The minimum atomic E-state index is -0.422. The van der Waals surface area contributed by atoms with Crippen LogP contribution in [-0.2, 0) is 4.74 Å². The number of fused-ring (bicyclic) bond motifs is 1. The Bertz CT molecular complexity index is 791. The molecule has 1 fully saturated rings. The second-order valence-electron chi connectivity index (χ2n) is 6.51. The van der Waals surface area contributed by atoms with Crippen molar-refractivity contribution in [3.05, 3.63) is 29.8 Å². The van der Waals surface area contributed by atoms with E-state index in [0.717, 1.165) is 19.5 Å². The number of anilines is 1. The highest BCUT2D eigenvalue weighted by Gasteiger charge is 2.28. The lowest BCUT2D eigenvalue weighted by atomic mass is 9.95. The first kappa shape index (κ1) is 17.5. The predicted octanol–water partition coefficient (Wildman–Crippen LogP) is 2.09. The lowest BCUT2D eigenvalue weighted by molar-refractivity contribution is 0.192. The van der Waals surface area contributed by atoms with Gasteiger partial charge in [-0.15, -0.1) is 0 Å². The Morgan fingerprint density at radius 3 is 2.84 bits per heavy atom. The molecule has 2 heterocycles. The zero-order valence-electron chi connectivity index (χ0n) is 14.5. The Morgan fingerprint density at radius 2 is 2.12 bits per heavy atom. The SMILES string of the molecule is COCCNC1CC(C)CN(c2c(F)cc(C#N)c3nccnc23)C1. The van der Waals surface area contributed by atoms with E-state index in [1.54, 1.807) is 7.11 Å². The number of nitrogens with one attached hydrogen (secondary N) is 1. The van der Waals surface area contributed by atoms with E-state index in [1.807, 2.05) is 11.0 Å². The van der Waals surface area contributed by atoms with E-state index in [2.05, 4.69) is 22.2 Å². The molecule has 7 heteroatoms. The zero-order chi connectivity index (χ0) is 17.8. The van der Waals surface area contributed by atoms with Crippen LogP contribution in [0.3, 0.4) is 0 Å². The Morgan fingerprint density at radius 1 is 1.36 bits per heavy atom. The minimum Gasteiger partial charge on any atom is -0.383 e. The van der Waals surface area contributed by atoms with Crippen molar-refractivity contribution >= 4 is 16.7 Å². The summed E-state index contributed by atoms with van der Waals surface area (Å²) in [7, 11) is 1.68.